The zero-order chi connectivity index (χ0) is 21.1. The zero-order valence-electron chi connectivity index (χ0n) is 16.8. The van der Waals surface area contributed by atoms with Gasteiger partial charge in [0.1, 0.15) is 17.2 Å². The first-order chi connectivity index (χ1) is 14.6. The Bertz CT molecular complexity index is 1200. The Balaban J connectivity index is 1.58. The fourth-order valence-corrected chi connectivity index (χ4v) is 3.43. The number of thioether (sulfide) groups is 1. The van der Waals surface area contributed by atoms with E-state index in [2.05, 4.69) is 34.0 Å². The average Bonchev–Trinajstić information content (AvgIpc) is 3.08. The number of hydrogen-bond acceptors (Lipinski definition) is 6. The highest BCUT2D eigenvalue weighted by atomic mass is 32.2. The Morgan fingerprint density at radius 3 is 2.57 bits per heavy atom. The highest BCUT2D eigenvalue weighted by Crippen LogP contribution is 2.28. The molecule has 0 radical (unpaired) electrons. The second kappa shape index (κ2) is 8.46. The van der Waals surface area contributed by atoms with Crippen LogP contribution in [0.5, 0.6) is 11.5 Å². The number of fused-ring (bicyclic) bond motifs is 1. The van der Waals surface area contributed by atoms with Crippen molar-refractivity contribution in [3.8, 4) is 11.5 Å². The molecule has 2 aromatic carbocycles. The highest BCUT2D eigenvalue weighted by Gasteiger charge is 2.11. The van der Waals surface area contributed by atoms with Crippen LogP contribution in [0.15, 0.2) is 65.7 Å². The number of nitrogens with zero attached hydrogens (tertiary/aromatic N) is 3. The van der Waals surface area contributed by atoms with E-state index in [1.165, 1.54) is 4.90 Å². The number of benzene rings is 2. The third-order valence-corrected chi connectivity index (χ3v) is 5.37. The van der Waals surface area contributed by atoms with E-state index in [0.717, 1.165) is 22.7 Å². The van der Waals surface area contributed by atoms with Gasteiger partial charge in [0.15, 0.2) is 0 Å². The molecule has 152 valence electrons. The van der Waals surface area contributed by atoms with Gasteiger partial charge in [0, 0.05) is 43.0 Å². The number of amides is 1. The van der Waals surface area contributed by atoms with Gasteiger partial charge in [0.05, 0.1) is 11.0 Å². The lowest BCUT2D eigenvalue weighted by Gasteiger charge is -2.07. The smallest absolute Gasteiger partial charge is 0.269 e. The van der Waals surface area contributed by atoms with Crippen molar-refractivity contribution >= 4 is 40.3 Å². The maximum atomic E-state index is 11.8. The summed E-state index contributed by atoms with van der Waals surface area (Å²) in [5.41, 5.74) is 3.05. The second-order valence-corrected chi connectivity index (χ2v) is 7.44. The number of carbonyl (C=O) groups excluding carboxylic acids is 1. The Kier molecular flexibility index (Phi) is 5.58. The van der Waals surface area contributed by atoms with Gasteiger partial charge < -0.3 is 19.9 Å². The summed E-state index contributed by atoms with van der Waals surface area (Å²) in [6.45, 7) is 0. The molecule has 0 saturated carbocycles. The van der Waals surface area contributed by atoms with Crippen molar-refractivity contribution in [3.63, 3.8) is 0 Å². The molecule has 0 aliphatic rings. The van der Waals surface area contributed by atoms with Crippen LogP contribution in [-0.2, 0) is 7.05 Å². The summed E-state index contributed by atoms with van der Waals surface area (Å²) in [7, 11) is 3.53. The molecule has 7 nitrogen and oxygen atoms in total. The fraction of sp³-hybridized carbons (Fsp3) is 0.136. The second-order valence-electron chi connectivity index (χ2n) is 6.56. The summed E-state index contributed by atoms with van der Waals surface area (Å²) in [4.78, 5) is 21.7. The standard InChI is InChI=1S/C22H21N5O2S/c1-23-21(28)19-13-16(10-11-24-19)29-15-6-9-20-18(12-15)26-22(27(20)2)25-14-4-7-17(30-3)8-5-14/h4-13H,1-3H3,(H,23,28)(H,25,26). The first kappa shape index (κ1) is 19.8. The molecule has 0 unspecified atom stereocenters. The largest absolute Gasteiger partial charge is 0.457 e. The van der Waals surface area contributed by atoms with Crippen molar-refractivity contribution in [3.05, 3.63) is 66.5 Å². The van der Waals surface area contributed by atoms with E-state index >= 15 is 0 Å². The van der Waals surface area contributed by atoms with Gasteiger partial charge in [0.2, 0.25) is 5.95 Å². The van der Waals surface area contributed by atoms with Crippen molar-refractivity contribution in [1.29, 1.82) is 0 Å². The van der Waals surface area contributed by atoms with Gasteiger partial charge in [0.25, 0.3) is 5.91 Å². The number of carbonyl (C=O) groups is 1. The quantitative estimate of drug-likeness (QED) is 0.445. The van der Waals surface area contributed by atoms with Gasteiger partial charge in [-0.15, -0.1) is 11.8 Å². The molecule has 0 aliphatic heterocycles. The number of hydrogen-bond donors (Lipinski definition) is 2. The van der Waals surface area contributed by atoms with Crippen LogP contribution < -0.4 is 15.4 Å². The summed E-state index contributed by atoms with van der Waals surface area (Å²) >= 11 is 1.71. The lowest BCUT2D eigenvalue weighted by Crippen LogP contribution is -2.18. The predicted octanol–water partition coefficient (Wildman–Crippen LogP) is 4.59. The number of aromatic nitrogens is 3. The Hall–Kier alpha value is -3.52. The first-order valence-electron chi connectivity index (χ1n) is 9.31. The number of pyridine rings is 1. The molecule has 2 N–H and O–H groups in total. The third kappa shape index (κ3) is 4.08. The first-order valence-corrected chi connectivity index (χ1v) is 10.5. The van der Waals surface area contributed by atoms with Gasteiger partial charge in [-0.2, -0.15) is 0 Å². The third-order valence-electron chi connectivity index (χ3n) is 4.63. The SMILES string of the molecule is CNC(=O)c1cc(Oc2ccc3c(c2)nc(Nc2ccc(SC)cc2)n3C)ccn1. The molecule has 0 saturated heterocycles. The van der Waals surface area contributed by atoms with Crippen molar-refractivity contribution in [2.45, 2.75) is 4.90 Å². The summed E-state index contributed by atoms with van der Waals surface area (Å²) in [6.07, 6.45) is 3.60. The molecular formula is C22H21N5O2S. The molecule has 2 aromatic heterocycles. The van der Waals surface area contributed by atoms with Crippen LogP contribution in [0.2, 0.25) is 0 Å². The van der Waals surface area contributed by atoms with Crippen LogP contribution in [0, 0.1) is 0 Å². The molecule has 4 aromatic rings. The fourth-order valence-electron chi connectivity index (χ4n) is 3.02. The maximum Gasteiger partial charge on any atom is 0.269 e. The van der Waals surface area contributed by atoms with E-state index < -0.39 is 0 Å². The maximum absolute atomic E-state index is 11.8. The van der Waals surface area contributed by atoms with Gasteiger partial charge in [-0.25, -0.2) is 4.98 Å². The highest BCUT2D eigenvalue weighted by molar-refractivity contribution is 7.98. The predicted molar refractivity (Wildman–Crippen MR) is 120 cm³/mol. The number of imidazole rings is 1. The van der Waals surface area contributed by atoms with Crippen LogP contribution in [0.1, 0.15) is 10.5 Å². The van der Waals surface area contributed by atoms with Gasteiger partial charge >= 0.3 is 0 Å². The van der Waals surface area contributed by atoms with Crippen LogP contribution >= 0.6 is 11.8 Å². The Morgan fingerprint density at radius 2 is 1.83 bits per heavy atom. The minimum Gasteiger partial charge on any atom is -0.457 e. The van der Waals surface area contributed by atoms with Crippen LogP contribution in [0.3, 0.4) is 0 Å². The molecule has 0 aliphatic carbocycles. The van der Waals surface area contributed by atoms with Crippen LogP contribution in [-0.4, -0.2) is 33.7 Å². The van der Waals surface area contributed by atoms with Crippen molar-refractivity contribution in [2.75, 3.05) is 18.6 Å². The molecule has 1 amide bonds. The van der Waals surface area contributed by atoms with Crippen molar-refractivity contribution in [2.24, 2.45) is 7.05 Å². The molecular weight excluding hydrogens is 398 g/mol. The van der Waals surface area contributed by atoms with E-state index in [9.17, 15) is 4.79 Å². The van der Waals surface area contributed by atoms with Crippen molar-refractivity contribution < 1.29 is 9.53 Å². The average molecular weight is 420 g/mol. The van der Waals surface area contributed by atoms with Crippen LogP contribution in [0.4, 0.5) is 11.6 Å². The lowest BCUT2D eigenvalue weighted by atomic mass is 10.3. The molecule has 8 heteroatoms. The topological polar surface area (TPSA) is 81.1 Å². The van der Waals surface area contributed by atoms with E-state index in [-0.39, 0.29) is 5.91 Å². The van der Waals surface area contributed by atoms with Gasteiger partial charge in [-0.3, -0.25) is 9.78 Å². The number of rotatable bonds is 6. The molecule has 0 spiro atoms. The van der Waals surface area contributed by atoms with Crippen molar-refractivity contribution in [1.82, 2.24) is 19.9 Å². The number of ether oxygens (including phenoxy) is 1. The van der Waals surface area contributed by atoms with E-state index in [1.54, 1.807) is 37.1 Å². The normalized spacial score (nSPS) is 10.8. The molecule has 0 atom stereocenters. The van der Waals surface area contributed by atoms with E-state index in [4.69, 9.17) is 9.72 Å². The molecule has 2 heterocycles. The Morgan fingerprint density at radius 1 is 1.07 bits per heavy atom. The number of anilines is 2. The van der Waals surface area contributed by atoms with E-state index in [0.29, 0.717) is 17.2 Å². The van der Waals surface area contributed by atoms with Crippen LogP contribution in [0.25, 0.3) is 11.0 Å². The number of aryl methyl sites for hydroxylation is 1. The van der Waals surface area contributed by atoms with Gasteiger partial charge in [-0.1, -0.05) is 0 Å². The molecule has 0 fully saturated rings. The Labute approximate surface area is 178 Å². The summed E-state index contributed by atoms with van der Waals surface area (Å²) in [5, 5.41) is 5.91. The molecule has 4 rings (SSSR count). The molecule has 0 bridgehead atoms. The summed E-state index contributed by atoms with van der Waals surface area (Å²) < 4.78 is 7.92. The van der Waals surface area contributed by atoms with E-state index in [1.807, 2.05) is 41.9 Å². The zero-order valence-corrected chi connectivity index (χ0v) is 17.7. The minimum atomic E-state index is -0.262. The lowest BCUT2D eigenvalue weighted by molar-refractivity contribution is 0.0958. The molecule has 30 heavy (non-hydrogen) atoms. The summed E-state index contributed by atoms with van der Waals surface area (Å²) in [6, 6.07) is 17.2. The number of nitrogens with one attached hydrogen (secondary N) is 2. The monoisotopic (exact) mass is 419 g/mol. The van der Waals surface area contributed by atoms with Gasteiger partial charge in [-0.05, 0) is 48.7 Å². The summed E-state index contributed by atoms with van der Waals surface area (Å²) in [5.74, 6) is 1.64. The minimum absolute atomic E-state index is 0.262.